The quantitative estimate of drug-likeness (QED) is 0.610. The number of hydrogen-bond acceptors (Lipinski definition) is 4. The fraction of sp³-hybridized carbons (Fsp3) is 0.667. The van der Waals surface area contributed by atoms with Crippen molar-refractivity contribution in [2.75, 3.05) is 19.6 Å². The molecule has 184 valence electrons. The van der Waals surface area contributed by atoms with Gasteiger partial charge in [0.25, 0.3) is 0 Å². The van der Waals surface area contributed by atoms with E-state index in [4.69, 9.17) is 4.99 Å². The molecule has 0 spiro atoms. The summed E-state index contributed by atoms with van der Waals surface area (Å²) in [5, 5.41) is 18.3. The van der Waals surface area contributed by atoms with E-state index in [0.29, 0.717) is 25.2 Å². The van der Waals surface area contributed by atoms with Crippen LogP contribution in [0.25, 0.3) is 0 Å². The van der Waals surface area contributed by atoms with Crippen molar-refractivity contribution in [3.8, 4) is 0 Å². The van der Waals surface area contributed by atoms with E-state index in [1.807, 2.05) is 0 Å². The molecule has 1 aromatic carbocycles. The molecular weight excluding hydrogens is 434 g/mol. The van der Waals surface area contributed by atoms with Crippen LogP contribution in [0.4, 0.5) is 8.78 Å². The lowest BCUT2D eigenvalue weighted by Gasteiger charge is -2.58. The van der Waals surface area contributed by atoms with E-state index >= 15 is 0 Å². The maximum atomic E-state index is 14.2. The highest BCUT2D eigenvalue weighted by Gasteiger charge is 2.53. The summed E-state index contributed by atoms with van der Waals surface area (Å²) < 4.78 is 27.4. The Kier molecular flexibility index (Phi) is 5.68. The number of amidine groups is 1. The molecule has 2 atom stereocenters. The Morgan fingerprint density at radius 1 is 1.12 bits per heavy atom. The molecule has 7 rings (SSSR count). The zero-order valence-corrected chi connectivity index (χ0v) is 20.0. The molecule has 5 nitrogen and oxygen atoms in total. The molecule has 0 aromatic heterocycles. The Labute approximate surface area is 200 Å². The third-order valence-corrected chi connectivity index (χ3v) is 9.08. The summed E-state index contributed by atoms with van der Waals surface area (Å²) in [4.78, 5) is 7.13. The van der Waals surface area contributed by atoms with Gasteiger partial charge in [0.05, 0.1) is 18.8 Å². The van der Waals surface area contributed by atoms with Gasteiger partial charge in [0.1, 0.15) is 17.5 Å². The van der Waals surface area contributed by atoms with Crippen LogP contribution in [-0.4, -0.2) is 47.7 Å². The summed E-state index contributed by atoms with van der Waals surface area (Å²) in [7, 11) is 0. The highest BCUT2D eigenvalue weighted by Crippen LogP contribution is 2.61. The number of nitrogens with one attached hydrogen (secondary N) is 2. The fourth-order valence-corrected chi connectivity index (χ4v) is 7.93. The van der Waals surface area contributed by atoms with Crippen LogP contribution >= 0.6 is 0 Å². The number of halogens is 2. The minimum Gasteiger partial charge on any atom is -0.391 e. The molecule has 4 aliphatic carbocycles. The Morgan fingerprint density at radius 2 is 1.82 bits per heavy atom. The van der Waals surface area contributed by atoms with Crippen molar-refractivity contribution in [3.05, 3.63) is 46.7 Å². The second kappa shape index (κ2) is 8.59. The van der Waals surface area contributed by atoms with Gasteiger partial charge >= 0.3 is 0 Å². The molecule has 0 saturated heterocycles. The lowest BCUT2D eigenvalue weighted by molar-refractivity contribution is -0.116. The molecule has 4 bridgehead atoms. The van der Waals surface area contributed by atoms with E-state index in [0.717, 1.165) is 48.3 Å². The van der Waals surface area contributed by atoms with Crippen LogP contribution in [0.5, 0.6) is 0 Å². The van der Waals surface area contributed by atoms with Crippen molar-refractivity contribution < 1.29 is 13.9 Å². The minimum atomic E-state index is -0.546. The van der Waals surface area contributed by atoms with Gasteiger partial charge in [-0.2, -0.15) is 0 Å². The van der Waals surface area contributed by atoms with Crippen LogP contribution in [-0.2, 0) is 6.54 Å². The lowest BCUT2D eigenvalue weighted by atomic mass is 9.48. The molecule has 2 aliphatic heterocycles. The summed E-state index contributed by atoms with van der Waals surface area (Å²) >= 11 is 0. The predicted octanol–water partition coefficient (Wildman–Crippen LogP) is 3.94. The summed E-state index contributed by atoms with van der Waals surface area (Å²) in [6.45, 7) is 4.43. The molecular formula is C27H36F2N4O. The third-order valence-electron chi connectivity index (χ3n) is 9.08. The molecule has 2 unspecified atom stereocenters. The summed E-state index contributed by atoms with van der Waals surface area (Å²) in [5.41, 5.74) is 2.88. The predicted molar refractivity (Wildman–Crippen MR) is 128 cm³/mol. The van der Waals surface area contributed by atoms with Crippen LogP contribution < -0.4 is 10.6 Å². The van der Waals surface area contributed by atoms with Crippen LogP contribution in [0.3, 0.4) is 0 Å². The minimum absolute atomic E-state index is 0.0386. The van der Waals surface area contributed by atoms with E-state index in [1.54, 1.807) is 0 Å². The summed E-state index contributed by atoms with van der Waals surface area (Å²) in [6.07, 6.45) is 8.14. The number of hydrogen-bond donors (Lipinski definition) is 3. The normalized spacial score (nSPS) is 36.9. The first-order chi connectivity index (χ1) is 16.4. The first kappa shape index (κ1) is 22.5. The number of aliphatic imine (C=N–C) groups is 1. The second-order valence-electron chi connectivity index (χ2n) is 11.6. The van der Waals surface area contributed by atoms with Gasteiger partial charge in [-0.25, -0.2) is 8.78 Å². The largest absolute Gasteiger partial charge is 0.391 e. The Balaban J connectivity index is 1.16. The summed E-state index contributed by atoms with van der Waals surface area (Å²) in [6, 6.07) is 3.80. The average molecular weight is 471 g/mol. The van der Waals surface area contributed by atoms with Gasteiger partial charge in [-0.3, -0.25) is 9.89 Å². The summed E-state index contributed by atoms with van der Waals surface area (Å²) in [5.74, 6) is 2.31. The number of benzene rings is 1. The standard InChI is InChI=1S/C27H36F2N4O/c1-16-31-24-15-33(14-20-2-3-21(28)9-23(20)29)5-4-22(24)26(32-16)30-13-25(34)27-10-17-6-18(11-27)8-19(7-17)12-27/h2-3,9,16-19,25,31,34H,4-8,10-15H2,1H3,(H,30,32). The second-order valence-corrected chi connectivity index (χ2v) is 11.6. The van der Waals surface area contributed by atoms with Gasteiger partial charge in [0.2, 0.25) is 0 Å². The van der Waals surface area contributed by atoms with Gasteiger partial charge in [0.15, 0.2) is 0 Å². The van der Waals surface area contributed by atoms with Crippen LogP contribution in [0, 0.1) is 34.8 Å². The molecule has 0 radical (unpaired) electrons. The van der Waals surface area contributed by atoms with E-state index in [-0.39, 0.29) is 17.7 Å². The van der Waals surface area contributed by atoms with Crippen molar-refractivity contribution in [2.24, 2.45) is 28.2 Å². The van der Waals surface area contributed by atoms with Gasteiger partial charge in [-0.05, 0) is 81.1 Å². The number of rotatable bonds is 5. The molecule has 1 aromatic rings. The monoisotopic (exact) mass is 470 g/mol. The van der Waals surface area contributed by atoms with Crippen molar-refractivity contribution in [1.29, 1.82) is 0 Å². The number of aliphatic hydroxyl groups excluding tert-OH is 1. The topological polar surface area (TPSA) is 59.9 Å². The zero-order valence-electron chi connectivity index (χ0n) is 20.0. The SMILES string of the molecule is CC1NC(=NCC(O)C23CC4CC(CC(C4)C2)C3)C2=C(CN(Cc3ccc(F)cc3F)CC2)N1. The molecule has 4 saturated carbocycles. The molecule has 34 heavy (non-hydrogen) atoms. The van der Waals surface area contributed by atoms with Crippen molar-refractivity contribution in [1.82, 2.24) is 15.5 Å². The van der Waals surface area contributed by atoms with Crippen LogP contribution in [0.1, 0.15) is 57.4 Å². The fourth-order valence-electron chi connectivity index (χ4n) is 7.93. The van der Waals surface area contributed by atoms with E-state index in [9.17, 15) is 13.9 Å². The Bertz CT molecular complexity index is 987. The zero-order chi connectivity index (χ0) is 23.4. The van der Waals surface area contributed by atoms with Crippen LogP contribution in [0.2, 0.25) is 0 Å². The maximum Gasteiger partial charge on any atom is 0.130 e. The highest BCUT2D eigenvalue weighted by atomic mass is 19.1. The Hall–Kier alpha value is -1.99. The van der Waals surface area contributed by atoms with Crippen molar-refractivity contribution in [2.45, 2.75) is 70.7 Å². The molecule has 7 heteroatoms. The highest BCUT2D eigenvalue weighted by molar-refractivity contribution is 6.00. The molecule has 2 heterocycles. The smallest absolute Gasteiger partial charge is 0.130 e. The van der Waals surface area contributed by atoms with E-state index in [1.165, 1.54) is 56.2 Å². The number of nitrogens with zero attached hydrogens (tertiary/aromatic N) is 2. The lowest BCUT2D eigenvalue weighted by Crippen LogP contribution is -2.54. The first-order valence-electron chi connectivity index (χ1n) is 13.0. The molecule has 0 amide bonds. The van der Waals surface area contributed by atoms with Gasteiger partial charge in [-0.15, -0.1) is 0 Å². The Morgan fingerprint density at radius 3 is 2.50 bits per heavy atom. The van der Waals surface area contributed by atoms with Crippen molar-refractivity contribution >= 4 is 5.84 Å². The molecule has 4 fully saturated rings. The van der Waals surface area contributed by atoms with Gasteiger partial charge in [-0.1, -0.05) is 6.07 Å². The van der Waals surface area contributed by atoms with E-state index in [2.05, 4.69) is 22.5 Å². The first-order valence-corrected chi connectivity index (χ1v) is 13.0. The van der Waals surface area contributed by atoms with Crippen molar-refractivity contribution in [3.63, 3.8) is 0 Å². The molecule has 3 N–H and O–H groups in total. The maximum absolute atomic E-state index is 14.2. The third kappa shape index (κ3) is 4.15. The van der Waals surface area contributed by atoms with Crippen LogP contribution in [0.15, 0.2) is 34.5 Å². The molecule has 6 aliphatic rings. The van der Waals surface area contributed by atoms with E-state index < -0.39 is 11.6 Å². The van der Waals surface area contributed by atoms with Gasteiger partial charge < -0.3 is 15.7 Å². The average Bonchev–Trinajstić information content (AvgIpc) is 2.78. The van der Waals surface area contributed by atoms with Gasteiger partial charge in [0, 0.05) is 42.5 Å². The number of aliphatic hydroxyl groups is 1.